The second-order valence-corrected chi connectivity index (χ2v) is 8.90. The van der Waals surface area contributed by atoms with Crippen LogP contribution in [0, 0.1) is 17.3 Å². The number of amides is 2. The standard InChI is InChI=1S/C22H24F5N3O5/c1-10-14(20(2)7-5-12(23)15(24)17(20)34-4)16(35-21(10,3)22(25,26)27)19(32)29-11-6-8-30(33)13(9-11)18(28)31/h5-10,14,16-17,33H,1-4H3,(H2,28,31)/t10-,14+,16+,17?,20?,21-/m1/s1. The summed E-state index contributed by atoms with van der Waals surface area (Å²) in [7, 11) is 1.07. The highest BCUT2D eigenvalue weighted by Crippen LogP contribution is 2.58. The van der Waals surface area contributed by atoms with E-state index in [0.29, 0.717) is 4.73 Å². The van der Waals surface area contributed by atoms with Crippen LogP contribution in [0.25, 0.3) is 0 Å². The fourth-order valence-corrected chi connectivity index (χ4v) is 4.83. The van der Waals surface area contributed by atoms with Gasteiger partial charge < -0.3 is 20.4 Å². The smallest absolute Gasteiger partial charge is 0.417 e. The minimum absolute atomic E-state index is 0.200. The van der Waals surface area contributed by atoms with Crippen molar-refractivity contribution in [1.82, 2.24) is 4.73 Å². The monoisotopic (exact) mass is 505 g/mol. The second-order valence-electron chi connectivity index (χ2n) is 8.90. The third kappa shape index (κ3) is 4.27. The van der Waals surface area contributed by atoms with Crippen LogP contribution < -0.4 is 11.1 Å². The summed E-state index contributed by atoms with van der Waals surface area (Å²) in [6.45, 7) is 3.32. The van der Waals surface area contributed by atoms with Gasteiger partial charge in [-0.05, 0) is 25.1 Å². The molecule has 1 aromatic rings. The van der Waals surface area contributed by atoms with Crippen LogP contribution in [-0.2, 0) is 14.3 Å². The first-order valence-corrected chi connectivity index (χ1v) is 10.4. The number of aromatic nitrogens is 1. The summed E-state index contributed by atoms with van der Waals surface area (Å²) in [6.07, 6.45) is -5.52. The number of carbonyl (C=O) groups is 2. The van der Waals surface area contributed by atoms with Crippen LogP contribution in [0.2, 0.25) is 0 Å². The summed E-state index contributed by atoms with van der Waals surface area (Å²) in [4.78, 5) is 28.4. The first-order valence-electron chi connectivity index (χ1n) is 10.4. The molecular weight excluding hydrogens is 481 g/mol. The summed E-state index contributed by atoms with van der Waals surface area (Å²) < 4.78 is 81.7. The molecule has 13 heteroatoms. The Hall–Kier alpha value is -3.06. The zero-order chi connectivity index (χ0) is 26.5. The Morgan fingerprint density at radius 1 is 1.29 bits per heavy atom. The van der Waals surface area contributed by atoms with Gasteiger partial charge in [0.15, 0.2) is 17.3 Å². The van der Waals surface area contributed by atoms with Gasteiger partial charge in [-0.2, -0.15) is 17.9 Å². The van der Waals surface area contributed by atoms with Gasteiger partial charge in [-0.25, -0.2) is 13.8 Å². The molecular formula is C22H24F5N3O5. The van der Waals surface area contributed by atoms with Crippen molar-refractivity contribution in [3.8, 4) is 0 Å². The molecule has 1 aromatic heterocycles. The van der Waals surface area contributed by atoms with E-state index in [2.05, 4.69) is 4.99 Å². The van der Waals surface area contributed by atoms with Crippen molar-refractivity contribution < 1.29 is 46.2 Å². The van der Waals surface area contributed by atoms with Crippen molar-refractivity contribution in [2.24, 2.45) is 28.0 Å². The molecule has 1 aliphatic heterocycles. The number of pyridine rings is 1. The largest absolute Gasteiger partial charge is 0.428 e. The molecule has 2 unspecified atom stereocenters. The Morgan fingerprint density at radius 2 is 1.91 bits per heavy atom. The van der Waals surface area contributed by atoms with Gasteiger partial charge in [0.25, 0.3) is 11.8 Å². The van der Waals surface area contributed by atoms with E-state index in [1.165, 1.54) is 13.8 Å². The van der Waals surface area contributed by atoms with Crippen molar-refractivity contribution in [1.29, 1.82) is 0 Å². The number of ether oxygens (including phenoxy) is 2. The SMILES string of the molecule is COC1C(F)=C(F)C=CC1(C)[C@@H]1[C@@H](C(=O)N=c2ccn(O)c(C(N)=O)c2)O[C@@](C)(C(F)(F)F)[C@@H]1C. The number of hydrogen-bond donors (Lipinski definition) is 2. The maximum atomic E-state index is 14.7. The summed E-state index contributed by atoms with van der Waals surface area (Å²) in [5.41, 5.74) is 0.224. The Kier molecular flexibility index (Phi) is 6.72. The van der Waals surface area contributed by atoms with E-state index >= 15 is 0 Å². The van der Waals surface area contributed by atoms with Gasteiger partial charge in [-0.15, -0.1) is 0 Å². The van der Waals surface area contributed by atoms with Crippen LogP contribution in [0.4, 0.5) is 22.0 Å². The highest BCUT2D eigenvalue weighted by Gasteiger charge is 2.69. The number of allylic oxidation sites excluding steroid dienone is 2. The van der Waals surface area contributed by atoms with E-state index in [4.69, 9.17) is 15.2 Å². The molecule has 2 aliphatic rings. The Morgan fingerprint density at radius 3 is 2.46 bits per heavy atom. The predicted octanol–water partition coefficient (Wildman–Crippen LogP) is 2.97. The average molecular weight is 505 g/mol. The van der Waals surface area contributed by atoms with E-state index in [-0.39, 0.29) is 5.36 Å². The quantitative estimate of drug-likeness (QED) is 0.482. The molecule has 3 N–H and O–H groups in total. The maximum Gasteiger partial charge on any atom is 0.417 e. The molecule has 0 aromatic carbocycles. The van der Waals surface area contributed by atoms with Gasteiger partial charge in [0.05, 0.1) is 5.36 Å². The molecule has 192 valence electrons. The molecule has 0 saturated carbocycles. The summed E-state index contributed by atoms with van der Waals surface area (Å²) in [5.74, 6) is -7.59. The normalized spacial score (nSPS) is 33.9. The molecule has 35 heavy (non-hydrogen) atoms. The van der Waals surface area contributed by atoms with Crippen molar-refractivity contribution in [3.63, 3.8) is 0 Å². The van der Waals surface area contributed by atoms with Crippen LogP contribution in [-0.4, -0.2) is 52.8 Å². The third-order valence-electron chi connectivity index (χ3n) is 6.89. The predicted molar refractivity (Wildman–Crippen MR) is 110 cm³/mol. The molecule has 8 nitrogen and oxygen atoms in total. The van der Waals surface area contributed by atoms with Crippen LogP contribution in [0.15, 0.2) is 47.1 Å². The highest BCUT2D eigenvalue weighted by molar-refractivity contribution is 5.91. The lowest BCUT2D eigenvalue weighted by Gasteiger charge is -2.43. The average Bonchev–Trinajstić information content (AvgIpc) is 3.05. The Bertz CT molecular complexity index is 1180. The number of rotatable bonds is 4. The van der Waals surface area contributed by atoms with E-state index in [1.54, 1.807) is 0 Å². The van der Waals surface area contributed by atoms with Crippen molar-refractivity contribution in [3.05, 3.63) is 53.2 Å². The molecule has 0 radical (unpaired) electrons. The fourth-order valence-electron chi connectivity index (χ4n) is 4.83. The molecule has 1 saturated heterocycles. The number of methoxy groups -OCH3 is 1. The van der Waals surface area contributed by atoms with Crippen molar-refractivity contribution in [2.75, 3.05) is 7.11 Å². The van der Waals surface area contributed by atoms with E-state index in [9.17, 15) is 36.7 Å². The number of nitrogens with two attached hydrogens (primary N) is 1. The zero-order valence-corrected chi connectivity index (χ0v) is 19.1. The number of nitrogens with zero attached hydrogens (tertiary/aromatic N) is 2. The number of alkyl halides is 3. The van der Waals surface area contributed by atoms with Crippen molar-refractivity contribution >= 4 is 11.8 Å². The molecule has 2 heterocycles. The Balaban J connectivity index is 2.16. The number of halogens is 5. The minimum atomic E-state index is -4.93. The lowest BCUT2D eigenvalue weighted by molar-refractivity contribution is -0.272. The molecule has 0 bridgehead atoms. The number of hydrogen-bond acceptors (Lipinski definition) is 5. The van der Waals surface area contributed by atoms with Crippen LogP contribution in [0.1, 0.15) is 31.3 Å². The lowest BCUT2D eigenvalue weighted by Crippen LogP contribution is -2.50. The molecule has 3 rings (SSSR count). The van der Waals surface area contributed by atoms with Gasteiger partial charge >= 0.3 is 6.18 Å². The fraction of sp³-hybridized carbons (Fsp3) is 0.500. The molecule has 1 aliphatic carbocycles. The van der Waals surface area contributed by atoms with Gasteiger partial charge in [-0.3, -0.25) is 9.59 Å². The van der Waals surface area contributed by atoms with Crippen LogP contribution in [0.5, 0.6) is 0 Å². The summed E-state index contributed by atoms with van der Waals surface area (Å²) in [6, 6.07) is 2.06. The van der Waals surface area contributed by atoms with E-state index < -0.39 is 70.4 Å². The van der Waals surface area contributed by atoms with Crippen molar-refractivity contribution in [2.45, 2.75) is 44.8 Å². The molecule has 1 fully saturated rings. The maximum absolute atomic E-state index is 14.7. The zero-order valence-electron chi connectivity index (χ0n) is 19.1. The first-order chi connectivity index (χ1) is 16.1. The van der Waals surface area contributed by atoms with Gasteiger partial charge in [0, 0.05) is 30.6 Å². The third-order valence-corrected chi connectivity index (χ3v) is 6.89. The summed E-state index contributed by atoms with van der Waals surface area (Å²) in [5, 5.41) is 9.44. The Labute approximate surface area is 196 Å². The highest BCUT2D eigenvalue weighted by atomic mass is 19.4. The minimum Gasteiger partial charge on any atom is -0.428 e. The first kappa shape index (κ1) is 26.5. The number of carbonyl (C=O) groups excluding carboxylic acids is 2. The number of primary amides is 1. The van der Waals surface area contributed by atoms with Crippen LogP contribution >= 0.6 is 0 Å². The lowest BCUT2D eigenvalue weighted by atomic mass is 9.62. The van der Waals surface area contributed by atoms with E-state index in [0.717, 1.165) is 44.5 Å². The molecule has 6 atom stereocenters. The van der Waals surface area contributed by atoms with Crippen LogP contribution in [0.3, 0.4) is 0 Å². The topological polar surface area (TPSA) is 116 Å². The second kappa shape index (κ2) is 8.86. The van der Waals surface area contributed by atoms with E-state index in [1.807, 2.05) is 0 Å². The van der Waals surface area contributed by atoms with Gasteiger partial charge in [0.2, 0.25) is 0 Å². The summed E-state index contributed by atoms with van der Waals surface area (Å²) >= 11 is 0. The molecule has 0 spiro atoms. The van der Waals surface area contributed by atoms with Gasteiger partial charge in [0.1, 0.15) is 17.9 Å². The molecule has 2 amide bonds. The van der Waals surface area contributed by atoms with Gasteiger partial charge in [-0.1, -0.05) is 19.9 Å².